The molecule has 0 atom stereocenters. The second-order valence-corrected chi connectivity index (χ2v) is 3.14. The molecule has 0 amide bonds. The van der Waals surface area contributed by atoms with E-state index in [1.807, 2.05) is 0 Å². The summed E-state index contributed by atoms with van der Waals surface area (Å²) in [6.45, 7) is 2.06. The van der Waals surface area contributed by atoms with Gasteiger partial charge in [-0.2, -0.15) is 0 Å². The normalized spacial score (nSPS) is 10.5. The first-order valence-electron chi connectivity index (χ1n) is 4.47. The second kappa shape index (κ2) is 5.41. The number of phenols is 1. The molecule has 80 valence electrons. The zero-order valence-corrected chi connectivity index (χ0v) is 8.99. The molecule has 1 aromatic rings. The molecule has 0 aliphatic carbocycles. The highest BCUT2D eigenvalue weighted by atomic mass is 35.5. The molecule has 1 N–H and O–H groups in total. The van der Waals surface area contributed by atoms with Gasteiger partial charge < -0.3 is 9.84 Å². The summed E-state index contributed by atoms with van der Waals surface area (Å²) >= 11 is 5.80. The summed E-state index contributed by atoms with van der Waals surface area (Å²) in [4.78, 5) is 11.0. The number of hydrogen-bond donors (Lipinski definition) is 1. The molecule has 1 aromatic carbocycles. The molecule has 4 heteroatoms. The van der Waals surface area contributed by atoms with Crippen LogP contribution in [-0.2, 0) is 9.53 Å². The fraction of sp³-hybridized carbons (Fsp3) is 0.182. The third kappa shape index (κ3) is 3.29. The second-order valence-electron chi connectivity index (χ2n) is 2.77. The van der Waals surface area contributed by atoms with Crippen LogP contribution in [0, 0.1) is 0 Å². The Morgan fingerprint density at radius 3 is 3.00 bits per heavy atom. The van der Waals surface area contributed by atoms with Crippen LogP contribution in [0.15, 0.2) is 24.3 Å². The Morgan fingerprint density at radius 1 is 1.60 bits per heavy atom. The summed E-state index contributed by atoms with van der Waals surface area (Å²) in [6, 6.07) is 4.81. The molecule has 0 aliphatic heterocycles. The minimum absolute atomic E-state index is 0.0114. The molecule has 0 saturated carbocycles. The monoisotopic (exact) mass is 226 g/mol. The number of esters is 1. The highest BCUT2D eigenvalue weighted by Crippen LogP contribution is 2.27. The lowest BCUT2D eigenvalue weighted by molar-refractivity contribution is -0.137. The lowest BCUT2D eigenvalue weighted by Crippen LogP contribution is -1.98. The molecule has 1 rings (SSSR count). The molecule has 0 heterocycles. The lowest BCUT2D eigenvalue weighted by Gasteiger charge is -2.00. The topological polar surface area (TPSA) is 46.5 Å². The van der Waals surface area contributed by atoms with Crippen LogP contribution in [0.4, 0.5) is 0 Å². The number of benzene rings is 1. The van der Waals surface area contributed by atoms with Crippen LogP contribution in [-0.4, -0.2) is 17.7 Å². The van der Waals surface area contributed by atoms with E-state index in [1.165, 1.54) is 18.2 Å². The standard InChI is InChI=1S/C11H11ClO3/c1-2-15-10(14)7-6-8-4-3-5-9(13)11(8)12/h3-7,13H,2H2,1H3. The average Bonchev–Trinajstić information content (AvgIpc) is 2.21. The number of carbonyl (C=O) groups is 1. The Bertz CT molecular complexity index is 385. The molecule has 0 bridgehead atoms. The van der Waals surface area contributed by atoms with E-state index >= 15 is 0 Å². The summed E-state index contributed by atoms with van der Waals surface area (Å²) in [5.41, 5.74) is 0.574. The van der Waals surface area contributed by atoms with Crippen molar-refractivity contribution in [3.8, 4) is 5.75 Å². The van der Waals surface area contributed by atoms with E-state index in [-0.39, 0.29) is 10.8 Å². The van der Waals surface area contributed by atoms with Gasteiger partial charge in [-0.1, -0.05) is 23.7 Å². The average molecular weight is 227 g/mol. The summed E-state index contributed by atoms with van der Waals surface area (Å²) in [7, 11) is 0. The third-order valence-electron chi connectivity index (χ3n) is 1.69. The van der Waals surface area contributed by atoms with Gasteiger partial charge in [-0.25, -0.2) is 4.79 Å². The molecule has 3 nitrogen and oxygen atoms in total. The quantitative estimate of drug-likeness (QED) is 0.637. The van der Waals surface area contributed by atoms with Crippen LogP contribution < -0.4 is 0 Å². The van der Waals surface area contributed by atoms with Gasteiger partial charge in [-0.05, 0) is 24.6 Å². The zero-order valence-electron chi connectivity index (χ0n) is 8.24. The van der Waals surface area contributed by atoms with E-state index in [0.717, 1.165) is 0 Å². The Labute approximate surface area is 92.9 Å². The van der Waals surface area contributed by atoms with Crippen molar-refractivity contribution in [2.24, 2.45) is 0 Å². The predicted octanol–water partition coefficient (Wildman–Crippen LogP) is 2.62. The van der Waals surface area contributed by atoms with Gasteiger partial charge in [0.1, 0.15) is 5.75 Å². The number of aromatic hydroxyl groups is 1. The van der Waals surface area contributed by atoms with E-state index in [4.69, 9.17) is 16.3 Å². The fourth-order valence-electron chi connectivity index (χ4n) is 1.01. The van der Waals surface area contributed by atoms with Gasteiger partial charge in [0, 0.05) is 6.08 Å². The first-order chi connectivity index (χ1) is 7.15. The Hall–Kier alpha value is -1.48. The maximum atomic E-state index is 11.0. The largest absolute Gasteiger partial charge is 0.506 e. The minimum Gasteiger partial charge on any atom is -0.506 e. The SMILES string of the molecule is CCOC(=O)C=Cc1cccc(O)c1Cl. The van der Waals surface area contributed by atoms with Crippen LogP contribution in [0.1, 0.15) is 12.5 Å². The van der Waals surface area contributed by atoms with Crippen molar-refractivity contribution in [2.45, 2.75) is 6.92 Å². The van der Waals surface area contributed by atoms with Crippen molar-refractivity contribution in [1.82, 2.24) is 0 Å². The van der Waals surface area contributed by atoms with E-state index in [1.54, 1.807) is 19.1 Å². The van der Waals surface area contributed by atoms with E-state index in [2.05, 4.69) is 0 Å². The predicted molar refractivity (Wildman–Crippen MR) is 58.8 cm³/mol. The number of hydrogen-bond acceptors (Lipinski definition) is 3. The first-order valence-corrected chi connectivity index (χ1v) is 4.85. The van der Waals surface area contributed by atoms with Gasteiger partial charge in [0.15, 0.2) is 0 Å². The van der Waals surface area contributed by atoms with Crippen LogP contribution in [0.5, 0.6) is 5.75 Å². The molecule has 0 aromatic heterocycles. The maximum absolute atomic E-state index is 11.0. The molecule has 0 aliphatic rings. The van der Waals surface area contributed by atoms with Gasteiger partial charge >= 0.3 is 5.97 Å². The van der Waals surface area contributed by atoms with E-state index in [0.29, 0.717) is 12.2 Å². The highest BCUT2D eigenvalue weighted by Gasteiger charge is 2.02. The van der Waals surface area contributed by atoms with Gasteiger partial charge in [0.25, 0.3) is 0 Å². The third-order valence-corrected chi connectivity index (χ3v) is 2.11. The Balaban J connectivity index is 2.81. The molecule has 15 heavy (non-hydrogen) atoms. The molecule has 0 radical (unpaired) electrons. The van der Waals surface area contributed by atoms with Crippen LogP contribution in [0.2, 0.25) is 5.02 Å². The molecular formula is C11H11ClO3. The number of rotatable bonds is 3. The number of ether oxygens (including phenoxy) is 1. The first kappa shape index (κ1) is 11.6. The van der Waals surface area contributed by atoms with Gasteiger partial charge in [0.05, 0.1) is 11.6 Å². The van der Waals surface area contributed by atoms with Crippen molar-refractivity contribution in [3.63, 3.8) is 0 Å². The number of carbonyl (C=O) groups excluding carboxylic acids is 1. The molecular weight excluding hydrogens is 216 g/mol. The summed E-state index contributed by atoms with van der Waals surface area (Å²) in [6.07, 6.45) is 2.77. The minimum atomic E-state index is -0.433. The number of halogens is 1. The summed E-state index contributed by atoms with van der Waals surface area (Å²) in [5.74, 6) is -0.445. The van der Waals surface area contributed by atoms with E-state index < -0.39 is 5.97 Å². The van der Waals surface area contributed by atoms with Crippen molar-refractivity contribution in [1.29, 1.82) is 0 Å². The van der Waals surface area contributed by atoms with Crippen LogP contribution >= 0.6 is 11.6 Å². The Morgan fingerprint density at radius 2 is 2.33 bits per heavy atom. The zero-order chi connectivity index (χ0) is 11.3. The highest BCUT2D eigenvalue weighted by molar-refractivity contribution is 6.33. The summed E-state index contributed by atoms with van der Waals surface area (Å²) in [5, 5.41) is 9.51. The van der Waals surface area contributed by atoms with Crippen molar-refractivity contribution >= 4 is 23.6 Å². The molecule has 0 unspecified atom stereocenters. The van der Waals surface area contributed by atoms with Gasteiger partial charge in [-0.3, -0.25) is 0 Å². The fourth-order valence-corrected chi connectivity index (χ4v) is 1.20. The molecule has 0 spiro atoms. The number of phenolic OH excluding ortho intramolecular Hbond substituents is 1. The molecule has 0 saturated heterocycles. The van der Waals surface area contributed by atoms with Crippen LogP contribution in [0.25, 0.3) is 6.08 Å². The van der Waals surface area contributed by atoms with Crippen molar-refractivity contribution in [3.05, 3.63) is 34.9 Å². The van der Waals surface area contributed by atoms with Gasteiger partial charge in [-0.15, -0.1) is 0 Å². The van der Waals surface area contributed by atoms with Crippen molar-refractivity contribution < 1.29 is 14.6 Å². The lowest BCUT2D eigenvalue weighted by atomic mass is 10.2. The molecule has 0 fully saturated rings. The smallest absolute Gasteiger partial charge is 0.330 e. The van der Waals surface area contributed by atoms with E-state index in [9.17, 15) is 9.90 Å². The van der Waals surface area contributed by atoms with Crippen molar-refractivity contribution in [2.75, 3.05) is 6.61 Å². The van der Waals surface area contributed by atoms with Gasteiger partial charge in [0.2, 0.25) is 0 Å². The Kier molecular flexibility index (Phi) is 4.18. The summed E-state index contributed by atoms with van der Waals surface area (Å²) < 4.78 is 4.70. The van der Waals surface area contributed by atoms with Crippen LogP contribution in [0.3, 0.4) is 0 Å². The maximum Gasteiger partial charge on any atom is 0.330 e.